The summed E-state index contributed by atoms with van der Waals surface area (Å²) in [6.07, 6.45) is 4.81. The van der Waals surface area contributed by atoms with Gasteiger partial charge in [0.1, 0.15) is 11.9 Å². The molecule has 3 rings (SSSR count). The molecule has 27 heavy (non-hydrogen) atoms. The molecular weight excluding hydrogens is 342 g/mol. The maximum absolute atomic E-state index is 5.91. The number of hydrogen-bond donors (Lipinski definition) is 1. The lowest BCUT2D eigenvalue weighted by Crippen LogP contribution is -2.48. The Morgan fingerprint density at radius 3 is 3.00 bits per heavy atom. The van der Waals surface area contributed by atoms with Crippen LogP contribution in [0.4, 0.5) is 0 Å². The highest BCUT2D eigenvalue weighted by atomic mass is 16.5. The molecule has 146 valence electrons. The zero-order valence-corrected chi connectivity index (χ0v) is 16.4. The summed E-state index contributed by atoms with van der Waals surface area (Å²) in [5.74, 6) is 1.86. The van der Waals surface area contributed by atoms with E-state index in [2.05, 4.69) is 33.3 Å². The fourth-order valence-electron chi connectivity index (χ4n) is 3.15. The van der Waals surface area contributed by atoms with Crippen molar-refractivity contribution in [1.29, 1.82) is 0 Å². The molecule has 0 amide bonds. The first-order valence-electron chi connectivity index (χ1n) is 9.41. The fourth-order valence-corrected chi connectivity index (χ4v) is 3.15. The highest BCUT2D eigenvalue weighted by Crippen LogP contribution is 2.21. The number of benzene rings is 1. The third-order valence-corrected chi connectivity index (χ3v) is 4.63. The number of aliphatic imine (C=N–C) groups is 1. The molecule has 1 fully saturated rings. The van der Waals surface area contributed by atoms with Crippen LogP contribution in [-0.2, 0) is 11.8 Å². The van der Waals surface area contributed by atoms with Crippen LogP contribution in [0.2, 0.25) is 0 Å². The van der Waals surface area contributed by atoms with E-state index < -0.39 is 0 Å². The smallest absolute Gasteiger partial charge is 0.193 e. The molecule has 1 aliphatic heterocycles. The van der Waals surface area contributed by atoms with Crippen molar-refractivity contribution in [2.45, 2.75) is 19.4 Å². The largest absolute Gasteiger partial charge is 0.493 e. The molecule has 0 radical (unpaired) electrons. The Hall–Kier alpha value is -2.54. The summed E-state index contributed by atoms with van der Waals surface area (Å²) in [4.78, 5) is 6.67. The molecule has 1 aromatic heterocycles. The zero-order valence-electron chi connectivity index (χ0n) is 16.4. The molecule has 0 saturated carbocycles. The average molecular weight is 371 g/mol. The van der Waals surface area contributed by atoms with Crippen molar-refractivity contribution in [3.63, 3.8) is 0 Å². The minimum absolute atomic E-state index is 0.0235. The summed E-state index contributed by atoms with van der Waals surface area (Å²) in [5, 5.41) is 7.68. The molecule has 2 heterocycles. The number of nitrogens with zero attached hydrogens (tertiary/aromatic N) is 4. The molecular formula is C20H29N5O2. The van der Waals surface area contributed by atoms with Crippen LogP contribution in [0.3, 0.4) is 0 Å². The maximum Gasteiger partial charge on any atom is 0.193 e. The lowest BCUT2D eigenvalue weighted by molar-refractivity contribution is -0.00803. The van der Waals surface area contributed by atoms with Crippen LogP contribution < -0.4 is 10.1 Å². The van der Waals surface area contributed by atoms with Crippen molar-refractivity contribution in [2.24, 2.45) is 12.0 Å². The minimum atomic E-state index is 0.0235. The molecule has 1 unspecified atom stereocenters. The lowest BCUT2D eigenvalue weighted by atomic mass is 10.1. The van der Waals surface area contributed by atoms with Crippen LogP contribution >= 0.6 is 0 Å². The third-order valence-electron chi connectivity index (χ3n) is 4.63. The Morgan fingerprint density at radius 1 is 1.41 bits per heavy atom. The first-order valence-corrected chi connectivity index (χ1v) is 9.41. The second-order valence-corrected chi connectivity index (χ2v) is 6.69. The number of guanidine groups is 1. The van der Waals surface area contributed by atoms with Crippen LogP contribution in [0.1, 0.15) is 23.7 Å². The van der Waals surface area contributed by atoms with Gasteiger partial charge in [-0.3, -0.25) is 9.67 Å². The van der Waals surface area contributed by atoms with E-state index in [1.54, 1.807) is 4.68 Å². The minimum Gasteiger partial charge on any atom is -0.493 e. The monoisotopic (exact) mass is 371 g/mol. The summed E-state index contributed by atoms with van der Waals surface area (Å²) in [6, 6.07) is 8.09. The second-order valence-electron chi connectivity index (χ2n) is 6.69. The van der Waals surface area contributed by atoms with Gasteiger partial charge in [-0.05, 0) is 25.0 Å². The van der Waals surface area contributed by atoms with Crippen molar-refractivity contribution >= 4 is 5.96 Å². The molecule has 1 atom stereocenters. The van der Waals surface area contributed by atoms with E-state index in [9.17, 15) is 0 Å². The van der Waals surface area contributed by atoms with Crippen LogP contribution in [0.5, 0.6) is 5.75 Å². The van der Waals surface area contributed by atoms with Gasteiger partial charge in [0.2, 0.25) is 0 Å². The first kappa shape index (κ1) is 19.2. The molecule has 0 spiro atoms. The Bertz CT molecular complexity index is 758. The van der Waals surface area contributed by atoms with E-state index in [1.165, 1.54) is 0 Å². The van der Waals surface area contributed by atoms with E-state index in [0.717, 1.165) is 48.9 Å². The fraction of sp³-hybridized carbons (Fsp3) is 0.500. The van der Waals surface area contributed by atoms with E-state index in [4.69, 9.17) is 9.47 Å². The predicted molar refractivity (Wildman–Crippen MR) is 106 cm³/mol. The third kappa shape index (κ3) is 5.23. The van der Waals surface area contributed by atoms with Gasteiger partial charge in [0.25, 0.3) is 0 Å². The van der Waals surface area contributed by atoms with Gasteiger partial charge in [-0.2, -0.15) is 5.10 Å². The molecule has 1 aliphatic rings. The molecule has 0 aliphatic carbocycles. The molecule has 7 heteroatoms. The van der Waals surface area contributed by atoms with Gasteiger partial charge in [0.05, 0.1) is 26.0 Å². The van der Waals surface area contributed by atoms with Gasteiger partial charge in [-0.1, -0.05) is 18.2 Å². The Kier molecular flexibility index (Phi) is 6.70. The second kappa shape index (κ2) is 9.41. The number of aryl methyl sites for hydroxylation is 2. The Morgan fingerprint density at radius 2 is 2.26 bits per heavy atom. The van der Waals surface area contributed by atoms with Crippen LogP contribution in [0.25, 0.3) is 0 Å². The van der Waals surface area contributed by atoms with E-state index in [1.807, 2.05) is 44.7 Å². The normalized spacial score (nSPS) is 17.8. The number of para-hydroxylation sites is 1. The number of rotatable bonds is 6. The molecule has 2 aromatic rings. The highest BCUT2D eigenvalue weighted by molar-refractivity contribution is 5.80. The van der Waals surface area contributed by atoms with Gasteiger partial charge >= 0.3 is 0 Å². The van der Waals surface area contributed by atoms with Gasteiger partial charge < -0.3 is 19.7 Å². The Balaban J connectivity index is 1.44. The van der Waals surface area contributed by atoms with Crippen LogP contribution in [0.15, 0.2) is 41.7 Å². The lowest BCUT2D eigenvalue weighted by Gasteiger charge is -2.34. The Labute approximate surface area is 161 Å². The van der Waals surface area contributed by atoms with E-state index >= 15 is 0 Å². The quantitative estimate of drug-likeness (QED) is 0.479. The van der Waals surface area contributed by atoms with Crippen molar-refractivity contribution in [3.05, 3.63) is 47.8 Å². The van der Waals surface area contributed by atoms with E-state index in [-0.39, 0.29) is 6.10 Å². The number of hydrogen-bond acceptors (Lipinski definition) is 4. The van der Waals surface area contributed by atoms with Gasteiger partial charge in [0.15, 0.2) is 5.96 Å². The molecule has 0 bridgehead atoms. The first-order chi connectivity index (χ1) is 13.2. The zero-order chi connectivity index (χ0) is 19.1. The van der Waals surface area contributed by atoms with Gasteiger partial charge in [-0.15, -0.1) is 0 Å². The van der Waals surface area contributed by atoms with E-state index in [0.29, 0.717) is 13.2 Å². The summed E-state index contributed by atoms with van der Waals surface area (Å²) >= 11 is 0. The van der Waals surface area contributed by atoms with Crippen molar-refractivity contribution in [3.8, 4) is 5.75 Å². The van der Waals surface area contributed by atoms with Crippen LogP contribution in [0, 0.1) is 6.92 Å². The SMILES string of the molecule is CN=C(NCCCOc1ccccc1C)N1CCOC(c2cnn(C)c2)C1. The van der Waals surface area contributed by atoms with Crippen molar-refractivity contribution < 1.29 is 9.47 Å². The summed E-state index contributed by atoms with van der Waals surface area (Å²) < 4.78 is 13.6. The molecule has 1 aromatic carbocycles. The predicted octanol–water partition coefficient (Wildman–Crippen LogP) is 2.15. The van der Waals surface area contributed by atoms with Gasteiger partial charge in [0, 0.05) is 38.9 Å². The highest BCUT2D eigenvalue weighted by Gasteiger charge is 2.24. The average Bonchev–Trinajstić information content (AvgIpc) is 3.12. The number of nitrogens with one attached hydrogen (secondary N) is 1. The summed E-state index contributed by atoms with van der Waals surface area (Å²) in [5.41, 5.74) is 2.26. The van der Waals surface area contributed by atoms with Crippen molar-refractivity contribution in [1.82, 2.24) is 20.0 Å². The number of ether oxygens (including phenoxy) is 2. The molecule has 1 N–H and O–H groups in total. The summed E-state index contributed by atoms with van der Waals surface area (Å²) in [7, 11) is 3.74. The van der Waals surface area contributed by atoms with Gasteiger partial charge in [-0.25, -0.2) is 0 Å². The number of morpholine rings is 1. The van der Waals surface area contributed by atoms with Crippen molar-refractivity contribution in [2.75, 3.05) is 39.9 Å². The maximum atomic E-state index is 5.91. The molecule has 7 nitrogen and oxygen atoms in total. The summed E-state index contributed by atoms with van der Waals surface area (Å²) in [6.45, 7) is 5.83. The standard InChI is InChI=1S/C20H29N5O2/c1-16-7-4-5-8-18(16)26-11-6-9-22-20(21-2)25-10-12-27-19(15-25)17-13-23-24(3)14-17/h4-5,7-8,13-14,19H,6,9-12,15H2,1-3H3,(H,21,22). The van der Waals surface area contributed by atoms with Crippen LogP contribution in [-0.4, -0.2) is 60.5 Å². The molecule has 1 saturated heterocycles. The topological polar surface area (TPSA) is 63.9 Å². The number of aromatic nitrogens is 2.